The summed E-state index contributed by atoms with van der Waals surface area (Å²) in [5.41, 5.74) is 3.15. The zero-order valence-corrected chi connectivity index (χ0v) is 10.5. The molecule has 0 aliphatic carbocycles. The van der Waals surface area contributed by atoms with E-state index in [1.165, 1.54) is 0 Å². The Labute approximate surface area is 108 Å². The van der Waals surface area contributed by atoms with Crippen LogP contribution >= 0.6 is 11.6 Å². The molecule has 0 unspecified atom stereocenters. The lowest BCUT2D eigenvalue weighted by Gasteiger charge is -2.04. The molecule has 18 heavy (non-hydrogen) atoms. The Kier molecular flexibility index (Phi) is 2.45. The minimum Gasteiger partial charge on any atom is -0.261 e. The number of nitrogens with zero attached hydrogens (tertiary/aromatic N) is 6. The molecule has 7 heteroatoms. The Bertz CT molecular complexity index is 721. The van der Waals surface area contributed by atoms with Crippen LogP contribution in [-0.4, -0.2) is 29.8 Å². The van der Waals surface area contributed by atoms with Crippen LogP contribution in [0.4, 0.5) is 0 Å². The molecular formula is C11H9ClN6. The maximum Gasteiger partial charge on any atom is 0.205 e. The molecule has 0 bridgehead atoms. The first-order valence-corrected chi connectivity index (χ1v) is 5.71. The van der Waals surface area contributed by atoms with Crippen molar-refractivity contribution in [1.82, 2.24) is 29.8 Å². The number of aromatic nitrogens is 6. The van der Waals surface area contributed by atoms with Gasteiger partial charge >= 0.3 is 0 Å². The van der Waals surface area contributed by atoms with E-state index in [9.17, 15) is 0 Å². The summed E-state index contributed by atoms with van der Waals surface area (Å²) in [5.74, 6) is 0.531. The molecule has 0 radical (unpaired) electrons. The fourth-order valence-electron chi connectivity index (χ4n) is 1.67. The zero-order valence-electron chi connectivity index (χ0n) is 9.79. The standard InChI is InChI=1S/C11H9ClN6/c1-6-7(2)10-15-16-11(18(10)17-9(6)12)8-5-13-3-4-14-8/h3-5H,1-2H3. The first-order chi connectivity index (χ1) is 8.68. The highest BCUT2D eigenvalue weighted by Crippen LogP contribution is 2.22. The van der Waals surface area contributed by atoms with E-state index in [0.29, 0.717) is 22.3 Å². The van der Waals surface area contributed by atoms with Crippen molar-refractivity contribution in [3.63, 3.8) is 0 Å². The summed E-state index contributed by atoms with van der Waals surface area (Å²) >= 11 is 6.09. The predicted molar refractivity (Wildman–Crippen MR) is 66.3 cm³/mol. The number of rotatable bonds is 1. The monoisotopic (exact) mass is 260 g/mol. The Morgan fingerprint density at radius 3 is 2.67 bits per heavy atom. The second-order valence-electron chi connectivity index (χ2n) is 3.89. The molecule has 0 atom stereocenters. The lowest BCUT2D eigenvalue weighted by Crippen LogP contribution is -2.01. The minimum absolute atomic E-state index is 0.435. The van der Waals surface area contributed by atoms with E-state index in [2.05, 4.69) is 25.3 Å². The summed E-state index contributed by atoms with van der Waals surface area (Å²) in [4.78, 5) is 8.19. The Balaban J connectivity index is 2.34. The van der Waals surface area contributed by atoms with Gasteiger partial charge in [-0.05, 0) is 19.4 Å². The van der Waals surface area contributed by atoms with E-state index in [1.54, 1.807) is 23.1 Å². The van der Waals surface area contributed by atoms with Crippen molar-refractivity contribution in [2.24, 2.45) is 0 Å². The first-order valence-electron chi connectivity index (χ1n) is 5.33. The topological polar surface area (TPSA) is 68.9 Å². The quantitative estimate of drug-likeness (QED) is 0.668. The van der Waals surface area contributed by atoms with Crippen LogP contribution in [0.25, 0.3) is 17.2 Å². The Hall–Kier alpha value is -2.08. The van der Waals surface area contributed by atoms with Crippen molar-refractivity contribution < 1.29 is 0 Å². The highest BCUT2D eigenvalue weighted by molar-refractivity contribution is 6.30. The number of hydrogen-bond donors (Lipinski definition) is 0. The molecule has 3 rings (SSSR count). The van der Waals surface area contributed by atoms with Crippen LogP contribution in [0, 0.1) is 13.8 Å². The van der Waals surface area contributed by atoms with Crippen molar-refractivity contribution in [3.05, 3.63) is 34.9 Å². The van der Waals surface area contributed by atoms with Crippen molar-refractivity contribution in [1.29, 1.82) is 0 Å². The summed E-state index contributed by atoms with van der Waals surface area (Å²) in [6, 6.07) is 0. The fraction of sp³-hybridized carbons (Fsp3) is 0.182. The Morgan fingerprint density at radius 1 is 1.11 bits per heavy atom. The molecule has 0 saturated carbocycles. The lowest BCUT2D eigenvalue weighted by molar-refractivity contribution is 0.912. The number of aryl methyl sites for hydroxylation is 1. The summed E-state index contributed by atoms with van der Waals surface area (Å²) < 4.78 is 1.59. The SMILES string of the molecule is Cc1c(Cl)nn2c(-c3cnccn3)nnc2c1C. The molecule has 0 aliphatic rings. The van der Waals surface area contributed by atoms with E-state index in [0.717, 1.165) is 11.1 Å². The molecular weight excluding hydrogens is 252 g/mol. The highest BCUT2D eigenvalue weighted by Gasteiger charge is 2.15. The van der Waals surface area contributed by atoms with Gasteiger partial charge in [0.1, 0.15) is 5.69 Å². The van der Waals surface area contributed by atoms with E-state index < -0.39 is 0 Å². The predicted octanol–water partition coefficient (Wildman–Crippen LogP) is 1.85. The van der Waals surface area contributed by atoms with Gasteiger partial charge in [0.05, 0.1) is 6.20 Å². The number of halogens is 1. The second kappa shape index (κ2) is 3.99. The second-order valence-corrected chi connectivity index (χ2v) is 4.25. The van der Waals surface area contributed by atoms with Crippen molar-refractivity contribution in [2.45, 2.75) is 13.8 Å². The van der Waals surface area contributed by atoms with Crippen LogP contribution in [-0.2, 0) is 0 Å². The average molecular weight is 261 g/mol. The number of hydrogen-bond acceptors (Lipinski definition) is 5. The summed E-state index contributed by atoms with van der Waals surface area (Å²) in [5, 5.41) is 12.9. The van der Waals surface area contributed by atoms with Gasteiger partial charge in [-0.25, -0.2) is 4.98 Å². The van der Waals surface area contributed by atoms with Crippen LogP contribution in [0.3, 0.4) is 0 Å². The van der Waals surface area contributed by atoms with E-state index in [4.69, 9.17) is 11.6 Å². The third-order valence-electron chi connectivity index (χ3n) is 2.83. The van der Waals surface area contributed by atoms with Gasteiger partial charge < -0.3 is 0 Å². The molecule has 6 nitrogen and oxygen atoms in total. The van der Waals surface area contributed by atoms with Crippen LogP contribution in [0.15, 0.2) is 18.6 Å². The lowest BCUT2D eigenvalue weighted by atomic mass is 10.2. The van der Waals surface area contributed by atoms with Crippen molar-refractivity contribution >= 4 is 17.2 Å². The smallest absolute Gasteiger partial charge is 0.205 e. The molecule has 0 aliphatic heterocycles. The van der Waals surface area contributed by atoms with Crippen LogP contribution in [0.1, 0.15) is 11.1 Å². The molecule has 0 spiro atoms. The number of fused-ring (bicyclic) bond motifs is 1. The third-order valence-corrected chi connectivity index (χ3v) is 3.19. The molecule has 0 fully saturated rings. The summed E-state index contributed by atoms with van der Waals surface area (Å²) in [6.45, 7) is 3.84. The third kappa shape index (κ3) is 1.53. The average Bonchev–Trinajstić information content (AvgIpc) is 2.81. The van der Waals surface area contributed by atoms with Gasteiger partial charge in [0.15, 0.2) is 10.8 Å². The normalized spacial score (nSPS) is 11.1. The van der Waals surface area contributed by atoms with Gasteiger partial charge in [0.2, 0.25) is 5.82 Å². The molecule has 3 aromatic heterocycles. The fourth-order valence-corrected chi connectivity index (χ4v) is 1.89. The molecule has 3 heterocycles. The molecule has 3 aromatic rings. The molecule has 0 N–H and O–H groups in total. The van der Waals surface area contributed by atoms with Gasteiger partial charge in [-0.3, -0.25) is 4.98 Å². The van der Waals surface area contributed by atoms with Crippen LogP contribution < -0.4 is 0 Å². The molecule has 0 aromatic carbocycles. The molecule has 90 valence electrons. The Morgan fingerprint density at radius 2 is 1.94 bits per heavy atom. The largest absolute Gasteiger partial charge is 0.261 e. The van der Waals surface area contributed by atoms with Gasteiger partial charge in [0.25, 0.3) is 0 Å². The van der Waals surface area contributed by atoms with Crippen molar-refractivity contribution in [3.8, 4) is 11.5 Å². The van der Waals surface area contributed by atoms with Gasteiger partial charge in [-0.2, -0.15) is 9.61 Å². The summed E-state index contributed by atoms with van der Waals surface area (Å²) in [7, 11) is 0. The minimum atomic E-state index is 0.435. The van der Waals surface area contributed by atoms with Gasteiger partial charge in [-0.1, -0.05) is 11.6 Å². The zero-order chi connectivity index (χ0) is 12.7. The van der Waals surface area contributed by atoms with Crippen LogP contribution in [0.5, 0.6) is 0 Å². The molecule has 0 amide bonds. The van der Waals surface area contributed by atoms with Gasteiger partial charge in [-0.15, -0.1) is 10.2 Å². The van der Waals surface area contributed by atoms with E-state index >= 15 is 0 Å². The van der Waals surface area contributed by atoms with E-state index in [1.807, 2.05) is 13.8 Å². The maximum atomic E-state index is 6.09. The maximum absolute atomic E-state index is 6.09. The summed E-state index contributed by atoms with van der Waals surface area (Å²) in [6.07, 6.45) is 4.81. The van der Waals surface area contributed by atoms with E-state index in [-0.39, 0.29) is 0 Å². The molecule has 0 saturated heterocycles. The van der Waals surface area contributed by atoms with Gasteiger partial charge in [0, 0.05) is 18.0 Å². The first kappa shape index (κ1) is 11.0. The van der Waals surface area contributed by atoms with Crippen LogP contribution in [0.2, 0.25) is 5.15 Å². The highest BCUT2D eigenvalue weighted by atomic mass is 35.5. The van der Waals surface area contributed by atoms with Crippen molar-refractivity contribution in [2.75, 3.05) is 0 Å².